The van der Waals surface area contributed by atoms with E-state index < -0.39 is 5.82 Å². The van der Waals surface area contributed by atoms with Gasteiger partial charge in [-0.05, 0) is 30.3 Å². The van der Waals surface area contributed by atoms with E-state index in [-0.39, 0.29) is 22.8 Å². The Balaban J connectivity index is 2.26. The zero-order valence-corrected chi connectivity index (χ0v) is 12.1. The number of benzene rings is 2. The van der Waals surface area contributed by atoms with Gasteiger partial charge < -0.3 is 4.74 Å². The minimum atomic E-state index is -0.495. The Morgan fingerprint density at radius 3 is 2.55 bits per heavy atom. The van der Waals surface area contributed by atoms with Crippen molar-refractivity contribution in [3.63, 3.8) is 0 Å². The largest absolute Gasteiger partial charge is 0.495 e. The molecule has 2 nitrogen and oxygen atoms in total. The molecule has 0 bridgehead atoms. The molecule has 0 saturated carbocycles. The third-order valence-electron chi connectivity index (χ3n) is 2.87. The monoisotopic (exact) mass is 312 g/mol. The minimum Gasteiger partial charge on any atom is -0.495 e. The summed E-state index contributed by atoms with van der Waals surface area (Å²) in [5, 5.41) is 0.566. The topological polar surface area (TPSA) is 26.3 Å². The van der Waals surface area contributed by atoms with Crippen LogP contribution in [0.5, 0.6) is 5.75 Å². The highest BCUT2D eigenvalue weighted by atomic mass is 35.5. The summed E-state index contributed by atoms with van der Waals surface area (Å²) >= 11 is 11.9. The third-order valence-corrected chi connectivity index (χ3v) is 3.52. The molecule has 0 aliphatic rings. The van der Waals surface area contributed by atoms with Crippen molar-refractivity contribution in [2.24, 2.45) is 0 Å². The average Bonchev–Trinajstić information content (AvgIpc) is 2.42. The number of carbonyl (C=O) groups is 1. The molecule has 2 aromatic rings. The molecule has 0 saturated heterocycles. The second kappa shape index (κ2) is 6.25. The predicted molar refractivity (Wildman–Crippen MR) is 77.4 cm³/mol. The zero-order valence-electron chi connectivity index (χ0n) is 10.6. The maximum Gasteiger partial charge on any atom is 0.167 e. The Labute approximate surface area is 126 Å². The van der Waals surface area contributed by atoms with Crippen LogP contribution in [0.3, 0.4) is 0 Å². The first-order valence-electron chi connectivity index (χ1n) is 5.82. The lowest BCUT2D eigenvalue weighted by Crippen LogP contribution is -2.06. The SMILES string of the molecule is COc1ccc(C(=O)Cc2c(F)cccc2Cl)cc1Cl. The molecule has 0 fully saturated rings. The lowest BCUT2D eigenvalue weighted by Gasteiger charge is -2.07. The van der Waals surface area contributed by atoms with E-state index in [1.807, 2.05) is 0 Å². The fourth-order valence-corrected chi connectivity index (χ4v) is 2.29. The lowest BCUT2D eigenvalue weighted by atomic mass is 10.0. The second-order valence-corrected chi connectivity index (χ2v) is 4.96. The van der Waals surface area contributed by atoms with Crippen LogP contribution >= 0.6 is 23.2 Å². The summed E-state index contributed by atoms with van der Waals surface area (Å²) in [6.45, 7) is 0. The molecular formula is C15H11Cl2FO2. The summed E-state index contributed by atoms with van der Waals surface area (Å²) in [5.74, 6) is -0.279. The Morgan fingerprint density at radius 1 is 1.20 bits per heavy atom. The molecule has 0 amide bonds. The van der Waals surface area contributed by atoms with Crippen molar-refractivity contribution in [1.29, 1.82) is 0 Å². The van der Waals surface area contributed by atoms with E-state index in [1.54, 1.807) is 18.2 Å². The van der Waals surface area contributed by atoms with E-state index in [2.05, 4.69) is 0 Å². The number of methoxy groups -OCH3 is 1. The highest BCUT2D eigenvalue weighted by Crippen LogP contribution is 2.26. The quantitative estimate of drug-likeness (QED) is 0.773. The number of rotatable bonds is 4. The van der Waals surface area contributed by atoms with Crippen LogP contribution in [-0.2, 0) is 6.42 Å². The number of ketones is 1. The Morgan fingerprint density at radius 2 is 1.95 bits per heavy atom. The van der Waals surface area contributed by atoms with Crippen molar-refractivity contribution < 1.29 is 13.9 Å². The predicted octanol–water partition coefficient (Wildman–Crippen LogP) is 4.57. The summed E-state index contributed by atoms with van der Waals surface area (Å²) in [5.41, 5.74) is 0.571. The van der Waals surface area contributed by atoms with Crippen LogP contribution in [-0.4, -0.2) is 12.9 Å². The molecule has 0 aliphatic heterocycles. The maximum absolute atomic E-state index is 13.6. The van der Waals surface area contributed by atoms with E-state index in [0.717, 1.165) is 0 Å². The Hall–Kier alpha value is -1.58. The summed E-state index contributed by atoms with van der Waals surface area (Å²) in [4.78, 5) is 12.1. The van der Waals surface area contributed by atoms with Crippen LogP contribution < -0.4 is 4.74 Å². The summed E-state index contributed by atoms with van der Waals surface area (Å²) in [6, 6.07) is 9.00. The van der Waals surface area contributed by atoms with Crippen molar-refractivity contribution >= 4 is 29.0 Å². The molecule has 0 radical (unpaired) electrons. The average molecular weight is 313 g/mol. The van der Waals surface area contributed by atoms with Crippen molar-refractivity contribution in [1.82, 2.24) is 0 Å². The van der Waals surface area contributed by atoms with Crippen molar-refractivity contribution in [3.8, 4) is 5.75 Å². The van der Waals surface area contributed by atoms with Gasteiger partial charge in [0.05, 0.1) is 12.1 Å². The number of halogens is 3. The minimum absolute atomic E-state index is 0.117. The molecule has 0 heterocycles. The molecule has 0 atom stereocenters. The Bertz CT molecular complexity index is 636. The summed E-state index contributed by atoms with van der Waals surface area (Å²) in [6.07, 6.45) is -0.117. The molecule has 0 unspecified atom stereocenters. The van der Waals surface area contributed by atoms with Gasteiger partial charge in [-0.25, -0.2) is 4.39 Å². The Kier molecular flexibility index (Phi) is 4.63. The van der Waals surface area contributed by atoms with E-state index in [4.69, 9.17) is 27.9 Å². The third kappa shape index (κ3) is 3.11. The molecule has 104 valence electrons. The van der Waals surface area contributed by atoms with Gasteiger partial charge in [0, 0.05) is 22.6 Å². The van der Waals surface area contributed by atoms with Crippen LogP contribution in [0.15, 0.2) is 36.4 Å². The molecule has 2 aromatic carbocycles. The summed E-state index contributed by atoms with van der Waals surface area (Å²) < 4.78 is 18.7. The molecule has 20 heavy (non-hydrogen) atoms. The van der Waals surface area contributed by atoms with Crippen LogP contribution in [0.1, 0.15) is 15.9 Å². The number of Topliss-reactive ketones (excluding diaryl/α,β-unsaturated/α-hetero) is 1. The van der Waals surface area contributed by atoms with Gasteiger partial charge >= 0.3 is 0 Å². The maximum atomic E-state index is 13.6. The zero-order chi connectivity index (χ0) is 14.7. The number of ether oxygens (including phenoxy) is 1. The molecule has 0 aromatic heterocycles. The van der Waals surface area contributed by atoms with Gasteiger partial charge in [0.25, 0.3) is 0 Å². The van der Waals surface area contributed by atoms with Crippen LogP contribution in [0.4, 0.5) is 4.39 Å². The first kappa shape index (κ1) is 14.8. The normalized spacial score (nSPS) is 10.4. The smallest absolute Gasteiger partial charge is 0.167 e. The number of carbonyl (C=O) groups excluding carboxylic acids is 1. The second-order valence-electron chi connectivity index (χ2n) is 4.15. The van der Waals surface area contributed by atoms with Gasteiger partial charge in [-0.15, -0.1) is 0 Å². The van der Waals surface area contributed by atoms with Gasteiger partial charge in [0.15, 0.2) is 5.78 Å². The van der Waals surface area contributed by atoms with Crippen molar-refractivity contribution in [2.75, 3.05) is 7.11 Å². The molecule has 5 heteroatoms. The van der Waals surface area contributed by atoms with Gasteiger partial charge in [0.2, 0.25) is 0 Å². The first-order valence-corrected chi connectivity index (χ1v) is 6.58. The van der Waals surface area contributed by atoms with Crippen LogP contribution in [0.2, 0.25) is 10.0 Å². The molecule has 0 aliphatic carbocycles. The first-order chi connectivity index (χ1) is 9.52. The highest BCUT2D eigenvalue weighted by Gasteiger charge is 2.14. The van der Waals surface area contributed by atoms with Crippen LogP contribution in [0, 0.1) is 5.82 Å². The molecular weight excluding hydrogens is 302 g/mol. The van der Waals surface area contributed by atoms with Crippen molar-refractivity contribution in [3.05, 3.63) is 63.4 Å². The summed E-state index contributed by atoms with van der Waals surface area (Å²) in [7, 11) is 1.49. The van der Waals surface area contributed by atoms with Crippen LogP contribution in [0.25, 0.3) is 0 Å². The lowest BCUT2D eigenvalue weighted by molar-refractivity contribution is 0.0992. The number of hydrogen-bond acceptors (Lipinski definition) is 2. The molecule has 0 N–H and O–H groups in total. The van der Waals surface area contributed by atoms with Gasteiger partial charge in [-0.3, -0.25) is 4.79 Å². The molecule has 2 rings (SSSR count). The highest BCUT2D eigenvalue weighted by molar-refractivity contribution is 6.32. The van der Waals surface area contributed by atoms with Gasteiger partial charge in [-0.1, -0.05) is 29.3 Å². The van der Waals surface area contributed by atoms with Crippen molar-refractivity contribution in [2.45, 2.75) is 6.42 Å². The number of hydrogen-bond donors (Lipinski definition) is 0. The van der Waals surface area contributed by atoms with E-state index >= 15 is 0 Å². The standard InChI is InChI=1S/C15H11Cl2FO2/c1-20-15-6-5-9(7-12(15)17)14(19)8-10-11(16)3-2-4-13(10)18/h2-7H,8H2,1H3. The fraction of sp³-hybridized carbons (Fsp3) is 0.133. The van der Waals surface area contributed by atoms with Gasteiger partial charge in [0.1, 0.15) is 11.6 Å². The fourth-order valence-electron chi connectivity index (χ4n) is 1.80. The van der Waals surface area contributed by atoms with E-state index in [0.29, 0.717) is 16.3 Å². The molecule has 0 spiro atoms. The van der Waals surface area contributed by atoms with E-state index in [1.165, 1.54) is 25.3 Å². The van der Waals surface area contributed by atoms with Gasteiger partial charge in [-0.2, -0.15) is 0 Å². The van der Waals surface area contributed by atoms with E-state index in [9.17, 15) is 9.18 Å².